The van der Waals surface area contributed by atoms with Crippen molar-refractivity contribution in [3.05, 3.63) is 23.8 Å². The van der Waals surface area contributed by atoms with Crippen LogP contribution in [0, 0.1) is 6.92 Å². The zero-order valence-corrected chi connectivity index (χ0v) is 9.95. The van der Waals surface area contributed by atoms with Crippen molar-refractivity contribution in [2.45, 2.75) is 46.1 Å². The standard InChI is InChI=1S/C12H21N3/c1-4-6-11(13-7-5-2)12-9-14-10(3)8-15-12/h8-9,11,13H,4-7H2,1-3H3. The summed E-state index contributed by atoms with van der Waals surface area (Å²) in [5.74, 6) is 0. The summed E-state index contributed by atoms with van der Waals surface area (Å²) < 4.78 is 0. The van der Waals surface area contributed by atoms with Gasteiger partial charge in [0.25, 0.3) is 0 Å². The Morgan fingerprint density at radius 3 is 2.53 bits per heavy atom. The van der Waals surface area contributed by atoms with Gasteiger partial charge in [0.1, 0.15) is 0 Å². The maximum absolute atomic E-state index is 4.43. The van der Waals surface area contributed by atoms with Gasteiger partial charge in [-0.1, -0.05) is 20.3 Å². The van der Waals surface area contributed by atoms with Crippen molar-refractivity contribution in [2.24, 2.45) is 0 Å². The van der Waals surface area contributed by atoms with Gasteiger partial charge in [0, 0.05) is 6.20 Å². The van der Waals surface area contributed by atoms with Crippen LogP contribution in [-0.2, 0) is 0 Å². The average Bonchev–Trinajstić information content (AvgIpc) is 2.25. The lowest BCUT2D eigenvalue weighted by molar-refractivity contribution is 0.482. The first-order valence-electron chi connectivity index (χ1n) is 5.79. The Labute approximate surface area is 92.3 Å². The maximum atomic E-state index is 4.43. The molecular weight excluding hydrogens is 186 g/mol. The van der Waals surface area contributed by atoms with E-state index < -0.39 is 0 Å². The van der Waals surface area contributed by atoms with Crippen LogP contribution in [-0.4, -0.2) is 16.5 Å². The number of rotatable bonds is 6. The van der Waals surface area contributed by atoms with E-state index in [1.165, 1.54) is 0 Å². The highest BCUT2D eigenvalue weighted by Gasteiger charge is 2.10. The molecule has 0 bridgehead atoms. The first-order chi connectivity index (χ1) is 7.27. The quantitative estimate of drug-likeness (QED) is 0.779. The van der Waals surface area contributed by atoms with Gasteiger partial charge in [-0.3, -0.25) is 9.97 Å². The van der Waals surface area contributed by atoms with Crippen LogP contribution in [0.1, 0.15) is 50.5 Å². The molecule has 0 amide bonds. The summed E-state index contributed by atoms with van der Waals surface area (Å²) in [5.41, 5.74) is 2.04. The van der Waals surface area contributed by atoms with Crippen molar-refractivity contribution in [3.63, 3.8) is 0 Å². The summed E-state index contributed by atoms with van der Waals surface area (Å²) in [6, 6.07) is 0.364. The van der Waals surface area contributed by atoms with E-state index in [1.54, 1.807) is 0 Å². The minimum Gasteiger partial charge on any atom is -0.309 e. The Hall–Kier alpha value is -0.960. The molecule has 84 valence electrons. The summed E-state index contributed by atoms with van der Waals surface area (Å²) >= 11 is 0. The van der Waals surface area contributed by atoms with Crippen LogP contribution in [0.25, 0.3) is 0 Å². The van der Waals surface area contributed by atoms with Gasteiger partial charge in [-0.25, -0.2) is 0 Å². The van der Waals surface area contributed by atoms with Crippen molar-refractivity contribution in [3.8, 4) is 0 Å². The molecule has 0 aromatic carbocycles. The summed E-state index contributed by atoms with van der Waals surface area (Å²) in [7, 11) is 0. The van der Waals surface area contributed by atoms with Crippen molar-refractivity contribution in [1.29, 1.82) is 0 Å². The second kappa shape index (κ2) is 6.51. The smallest absolute Gasteiger partial charge is 0.0756 e. The molecule has 15 heavy (non-hydrogen) atoms. The Morgan fingerprint density at radius 2 is 2.00 bits per heavy atom. The Kier molecular flexibility index (Phi) is 5.26. The lowest BCUT2D eigenvalue weighted by atomic mass is 10.1. The molecule has 0 aliphatic rings. The molecule has 1 N–H and O–H groups in total. The molecule has 3 nitrogen and oxygen atoms in total. The van der Waals surface area contributed by atoms with Crippen LogP contribution in [0.15, 0.2) is 12.4 Å². The Bertz CT molecular complexity index is 269. The molecule has 0 radical (unpaired) electrons. The predicted octanol–water partition coefficient (Wildman–Crippen LogP) is 2.63. The number of hydrogen-bond donors (Lipinski definition) is 1. The predicted molar refractivity (Wildman–Crippen MR) is 62.7 cm³/mol. The van der Waals surface area contributed by atoms with Crippen LogP contribution in [0.4, 0.5) is 0 Å². The van der Waals surface area contributed by atoms with Crippen molar-refractivity contribution < 1.29 is 0 Å². The maximum Gasteiger partial charge on any atom is 0.0756 e. The van der Waals surface area contributed by atoms with Gasteiger partial charge < -0.3 is 5.32 Å². The minimum atomic E-state index is 0.364. The van der Waals surface area contributed by atoms with Gasteiger partial charge in [0.2, 0.25) is 0 Å². The van der Waals surface area contributed by atoms with Gasteiger partial charge in [-0.15, -0.1) is 0 Å². The second-order valence-corrected chi connectivity index (χ2v) is 3.88. The highest BCUT2D eigenvalue weighted by Crippen LogP contribution is 2.15. The Balaban J connectivity index is 2.65. The van der Waals surface area contributed by atoms with Crippen LogP contribution in [0.3, 0.4) is 0 Å². The molecule has 0 aliphatic carbocycles. The molecule has 0 aliphatic heterocycles. The van der Waals surface area contributed by atoms with Gasteiger partial charge in [0.05, 0.1) is 23.6 Å². The van der Waals surface area contributed by atoms with Crippen LogP contribution in [0.2, 0.25) is 0 Å². The fourth-order valence-electron chi connectivity index (χ4n) is 1.54. The molecule has 1 unspecified atom stereocenters. The number of hydrogen-bond acceptors (Lipinski definition) is 3. The molecule has 1 rings (SSSR count). The second-order valence-electron chi connectivity index (χ2n) is 3.88. The highest BCUT2D eigenvalue weighted by molar-refractivity contribution is 5.05. The van der Waals surface area contributed by atoms with E-state index in [1.807, 2.05) is 19.3 Å². The molecule has 1 aromatic heterocycles. The number of nitrogens with zero attached hydrogens (tertiary/aromatic N) is 2. The first-order valence-corrected chi connectivity index (χ1v) is 5.79. The average molecular weight is 207 g/mol. The van der Waals surface area contributed by atoms with E-state index in [2.05, 4.69) is 29.1 Å². The summed E-state index contributed by atoms with van der Waals surface area (Å²) in [4.78, 5) is 8.71. The topological polar surface area (TPSA) is 37.8 Å². The lowest BCUT2D eigenvalue weighted by Gasteiger charge is -2.16. The largest absolute Gasteiger partial charge is 0.309 e. The van der Waals surface area contributed by atoms with Crippen molar-refractivity contribution in [2.75, 3.05) is 6.54 Å². The SMILES string of the molecule is CCCNC(CCC)c1cnc(C)cn1. The van der Waals surface area contributed by atoms with E-state index in [0.717, 1.165) is 37.2 Å². The summed E-state index contributed by atoms with van der Waals surface area (Å²) in [5, 5.41) is 3.50. The number of aryl methyl sites for hydroxylation is 1. The lowest BCUT2D eigenvalue weighted by Crippen LogP contribution is -2.23. The fraction of sp³-hybridized carbons (Fsp3) is 0.667. The van der Waals surface area contributed by atoms with Gasteiger partial charge in [-0.05, 0) is 26.3 Å². The normalized spacial score (nSPS) is 12.7. The molecule has 0 saturated heterocycles. The Morgan fingerprint density at radius 1 is 1.20 bits per heavy atom. The zero-order chi connectivity index (χ0) is 11.1. The van der Waals surface area contributed by atoms with E-state index in [0.29, 0.717) is 6.04 Å². The number of nitrogens with one attached hydrogen (secondary N) is 1. The third kappa shape index (κ3) is 3.96. The molecule has 0 fully saturated rings. The molecule has 0 saturated carbocycles. The van der Waals surface area contributed by atoms with E-state index >= 15 is 0 Å². The van der Waals surface area contributed by atoms with Gasteiger partial charge >= 0.3 is 0 Å². The highest BCUT2D eigenvalue weighted by atomic mass is 14.9. The van der Waals surface area contributed by atoms with Crippen LogP contribution in [0.5, 0.6) is 0 Å². The zero-order valence-electron chi connectivity index (χ0n) is 9.95. The molecule has 1 aromatic rings. The van der Waals surface area contributed by atoms with Crippen LogP contribution < -0.4 is 5.32 Å². The molecule has 1 atom stereocenters. The van der Waals surface area contributed by atoms with Crippen LogP contribution >= 0.6 is 0 Å². The monoisotopic (exact) mass is 207 g/mol. The fourth-order valence-corrected chi connectivity index (χ4v) is 1.54. The van der Waals surface area contributed by atoms with Crippen molar-refractivity contribution in [1.82, 2.24) is 15.3 Å². The molecule has 3 heteroatoms. The van der Waals surface area contributed by atoms with Gasteiger partial charge in [-0.2, -0.15) is 0 Å². The third-order valence-corrected chi connectivity index (χ3v) is 2.38. The van der Waals surface area contributed by atoms with E-state index in [4.69, 9.17) is 0 Å². The van der Waals surface area contributed by atoms with Gasteiger partial charge in [0.15, 0.2) is 0 Å². The molecular formula is C12H21N3. The van der Waals surface area contributed by atoms with E-state index in [9.17, 15) is 0 Å². The third-order valence-electron chi connectivity index (χ3n) is 2.38. The summed E-state index contributed by atoms with van der Waals surface area (Å²) in [6.45, 7) is 7.38. The van der Waals surface area contributed by atoms with Crippen molar-refractivity contribution >= 4 is 0 Å². The molecule has 1 heterocycles. The summed E-state index contributed by atoms with van der Waals surface area (Å²) in [6.07, 6.45) is 7.16. The number of aromatic nitrogens is 2. The molecule has 0 spiro atoms. The first kappa shape index (κ1) is 12.1. The van der Waals surface area contributed by atoms with E-state index in [-0.39, 0.29) is 0 Å². The minimum absolute atomic E-state index is 0.364.